The zero-order valence-corrected chi connectivity index (χ0v) is 10.0. The summed E-state index contributed by atoms with van der Waals surface area (Å²) in [5.41, 5.74) is 1.08. The number of ether oxygens (including phenoxy) is 1. The van der Waals surface area contributed by atoms with E-state index >= 15 is 0 Å². The average molecular weight is 285 g/mol. The monoisotopic (exact) mass is 284 g/mol. The summed E-state index contributed by atoms with van der Waals surface area (Å²) < 4.78 is 5.19. The van der Waals surface area contributed by atoms with Crippen molar-refractivity contribution in [3.63, 3.8) is 0 Å². The summed E-state index contributed by atoms with van der Waals surface area (Å²) in [6.45, 7) is 0. The molecule has 0 aliphatic rings. The van der Waals surface area contributed by atoms with Gasteiger partial charge in [0, 0.05) is 10.5 Å². The number of hydrogen-bond acceptors (Lipinski definition) is 3. The van der Waals surface area contributed by atoms with E-state index < -0.39 is 11.9 Å². The number of rotatable bonds is 3. The molecule has 0 radical (unpaired) electrons. The molecule has 0 fully saturated rings. The van der Waals surface area contributed by atoms with Crippen molar-refractivity contribution >= 4 is 33.9 Å². The standard InChI is InChI=1S/C11H9BrO4/c1-16-11(15)8-3-2-7(9(12)6-8)4-5-10(13)14/h2-6H,1H3,(H,13,14)/b5-4+. The minimum absolute atomic E-state index is 0.404. The van der Waals surface area contributed by atoms with Crippen LogP contribution in [0, 0.1) is 0 Å². The van der Waals surface area contributed by atoms with Crippen LogP contribution in [-0.4, -0.2) is 24.2 Å². The summed E-state index contributed by atoms with van der Waals surface area (Å²) in [6, 6.07) is 4.78. The highest BCUT2D eigenvalue weighted by Crippen LogP contribution is 2.20. The minimum atomic E-state index is -1.02. The van der Waals surface area contributed by atoms with Crippen molar-refractivity contribution in [1.82, 2.24) is 0 Å². The summed E-state index contributed by atoms with van der Waals surface area (Å²) in [6.07, 6.45) is 2.46. The number of aliphatic carboxylic acids is 1. The smallest absolute Gasteiger partial charge is 0.337 e. The van der Waals surface area contributed by atoms with E-state index in [2.05, 4.69) is 20.7 Å². The quantitative estimate of drug-likeness (QED) is 0.684. The second-order valence-electron chi connectivity index (χ2n) is 2.90. The molecule has 0 heterocycles. The Bertz CT molecular complexity index is 451. The van der Waals surface area contributed by atoms with E-state index in [1.807, 2.05) is 0 Å². The highest BCUT2D eigenvalue weighted by Gasteiger charge is 2.07. The molecule has 0 spiro atoms. The summed E-state index contributed by atoms with van der Waals surface area (Å²) in [5, 5.41) is 8.47. The SMILES string of the molecule is COC(=O)c1ccc(/C=C/C(=O)O)c(Br)c1. The molecule has 0 unspecified atom stereocenters. The van der Waals surface area contributed by atoms with Crippen LogP contribution >= 0.6 is 15.9 Å². The Hall–Kier alpha value is -1.62. The van der Waals surface area contributed by atoms with Gasteiger partial charge in [0.1, 0.15) is 0 Å². The molecular weight excluding hydrogens is 276 g/mol. The first-order chi connectivity index (χ1) is 7.54. The zero-order valence-electron chi connectivity index (χ0n) is 8.44. The highest BCUT2D eigenvalue weighted by atomic mass is 79.9. The highest BCUT2D eigenvalue weighted by molar-refractivity contribution is 9.10. The van der Waals surface area contributed by atoms with E-state index in [0.29, 0.717) is 15.6 Å². The predicted octanol–water partition coefficient (Wildman–Crippen LogP) is 2.33. The van der Waals surface area contributed by atoms with Gasteiger partial charge in [0.05, 0.1) is 12.7 Å². The second-order valence-corrected chi connectivity index (χ2v) is 3.75. The number of carbonyl (C=O) groups excluding carboxylic acids is 1. The third kappa shape index (κ3) is 3.20. The van der Waals surface area contributed by atoms with E-state index in [0.717, 1.165) is 6.08 Å². The van der Waals surface area contributed by atoms with Gasteiger partial charge in [-0.05, 0) is 23.8 Å². The number of hydrogen-bond donors (Lipinski definition) is 1. The molecule has 84 valence electrons. The van der Waals surface area contributed by atoms with Gasteiger partial charge in [-0.3, -0.25) is 0 Å². The van der Waals surface area contributed by atoms with Crippen LogP contribution in [0.15, 0.2) is 28.7 Å². The van der Waals surface area contributed by atoms with Gasteiger partial charge in [0.25, 0.3) is 0 Å². The second kappa shape index (κ2) is 5.46. The Morgan fingerprint density at radius 1 is 1.44 bits per heavy atom. The largest absolute Gasteiger partial charge is 0.478 e. The summed E-state index contributed by atoms with van der Waals surface area (Å²) in [7, 11) is 1.30. The number of carboxylic acid groups (broad SMARTS) is 1. The molecule has 0 amide bonds. The van der Waals surface area contributed by atoms with E-state index in [4.69, 9.17) is 5.11 Å². The lowest BCUT2D eigenvalue weighted by Crippen LogP contribution is -2.00. The topological polar surface area (TPSA) is 63.6 Å². The average Bonchev–Trinajstić information content (AvgIpc) is 2.26. The zero-order chi connectivity index (χ0) is 12.1. The molecule has 1 N–H and O–H groups in total. The van der Waals surface area contributed by atoms with Crippen LogP contribution in [0.4, 0.5) is 0 Å². The molecule has 1 rings (SSSR count). The first kappa shape index (κ1) is 12.4. The number of halogens is 1. The normalized spacial score (nSPS) is 10.4. The molecule has 0 saturated heterocycles. The van der Waals surface area contributed by atoms with E-state index in [9.17, 15) is 9.59 Å². The van der Waals surface area contributed by atoms with Gasteiger partial charge >= 0.3 is 11.9 Å². The first-order valence-corrected chi connectivity index (χ1v) is 5.12. The maximum atomic E-state index is 11.2. The Labute approximate surface area is 101 Å². The van der Waals surface area contributed by atoms with Crippen molar-refractivity contribution in [1.29, 1.82) is 0 Å². The van der Waals surface area contributed by atoms with Crippen molar-refractivity contribution in [3.05, 3.63) is 39.9 Å². The van der Waals surface area contributed by atoms with Crippen LogP contribution in [-0.2, 0) is 9.53 Å². The Kier molecular flexibility index (Phi) is 4.25. The maximum absolute atomic E-state index is 11.2. The minimum Gasteiger partial charge on any atom is -0.478 e. The molecule has 0 bridgehead atoms. The van der Waals surface area contributed by atoms with Gasteiger partial charge in [-0.25, -0.2) is 9.59 Å². The summed E-state index contributed by atoms with van der Waals surface area (Å²) >= 11 is 3.24. The predicted molar refractivity (Wildman–Crippen MR) is 62.2 cm³/mol. The van der Waals surface area contributed by atoms with Gasteiger partial charge in [0.15, 0.2) is 0 Å². The lowest BCUT2D eigenvalue weighted by Gasteiger charge is -2.02. The van der Waals surface area contributed by atoms with Crippen LogP contribution < -0.4 is 0 Å². The third-order valence-electron chi connectivity index (χ3n) is 1.83. The lowest BCUT2D eigenvalue weighted by molar-refractivity contribution is -0.131. The van der Waals surface area contributed by atoms with Crippen LogP contribution in [0.5, 0.6) is 0 Å². The molecule has 0 aromatic heterocycles. The molecule has 1 aromatic rings. The fraction of sp³-hybridized carbons (Fsp3) is 0.0909. The molecule has 0 aliphatic heterocycles. The third-order valence-corrected chi connectivity index (χ3v) is 2.51. The van der Waals surface area contributed by atoms with Crippen molar-refractivity contribution in [2.24, 2.45) is 0 Å². The van der Waals surface area contributed by atoms with Crippen LogP contribution in [0.1, 0.15) is 15.9 Å². The Balaban J connectivity index is 3.00. The van der Waals surface area contributed by atoms with Crippen molar-refractivity contribution in [2.45, 2.75) is 0 Å². The number of methoxy groups -OCH3 is 1. The molecule has 0 saturated carbocycles. The number of carbonyl (C=O) groups is 2. The van der Waals surface area contributed by atoms with Crippen LogP contribution in [0.2, 0.25) is 0 Å². The molecule has 0 atom stereocenters. The number of carboxylic acids is 1. The fourth-order valence-electron chi connectivity index (χ4n) is 1.07. The van der Waals surface area contributed by atoms with Gasteiger partial charge in [-0.2, -0.15) is 0 Å². The lowest BCUT2D eigenvalue weighted by atomic mass is 10.1. The Morgan fingerprint density at radius 3 is 2.62 bits per heavy atom. The molecule has 16 heavy (non-hydrogen) atoms. The van der Waals surface area contributed by atoms with Gasteiger partial charge < -0.3 is 9.84 Å². The van der Waals surface area contributed by atoms with Crippen molar-refractivity contribution in [3.8, 4) is 0 Å². The molecule has 4 nitrogen and oxygen atoms in total. The van der Waals surface area contributed by atoms with Crippen LogP contribution in [0.25, 0.3) is 6.08 Å². The van der Waals surface area contributed by atoms with E-state index in [-0.39, 0.29) is 0 Å². The molecular formula is C11H9BrO4. The first-order valence-electron chi connectivity index (χ1n) is 4.33. The van der Waals surface area contributed by atoms with Gasteiger partial charge in [-0.1, -0.05) is 22.0 Å². The van der Waals surface area contributed by atoms with Crippen molar-refractivity contribution < 1.29 is 19.4 Å². The van der Waals surface area contributed by atoms with Crippen LogP contribution in [0.3, 0.4) is 0 Å². The summed E-state index contributed by atoms with van der Waals surface area (Å²) in [4.78, 5) is 21.5. The van der Waals surface area contributed by atoms with E-state index in [1.54, 1.807) is 18.2 Å². The fourth-order valence-corrected chi connectivity index (χ4v) is 1.58. The molecule has 0 aliphatic carbocycles. The van der Waals surface area contributed by atoms with Gasteiger partial charge in [0.2, 0.25) is 0 Å². The number of esters is 1. The molecule has 1 aromatic carbocycles. The Morgan fingerprint density at radius 2 is 2.12 bits per heavy atom. The molecule has 5 heteroatoms. The van der Waals surface area contributed by atoms with Gasteiger partial charge in [-0.15, -0.1) is 0 Å². The van der Waals surface area contributed by atoms with Crippen molar-refractivity contribution in [2.75, 3.05) is 7.11 Å². The van der Waals surface area contributed by atoms with E-state index in [1.165, 1.54) is 13.2 Å². The summed E-state index contributed by atoms with van der Waals surface area (Å²) in [5.74, 6) is -1.46. The number of benzene rings is 1. The maximum Gasteiger partial charge on any atom is 0.337 e.